The van der Waals surface area contributed by atoms with Crippen molar-refractivity contribution in [3.05, 3.63) is 59.1 Å². The second kappa shape index (κ2) is 10.6. The number of unbranched alkanes of at least 4 members (excludes halogenated alkanes) is 1. The van der Waals surface area contributed by atoms with Gasteiger partial charge < -0.3 is 14.6 Å². The van der Waals surface area contributed by atoms with Crippen LogP contribution in [0.25, 0.3) is 11.1 Å². The maximum Gasteiger partial charge on any atom is 0.429 e. The third-order valence-electron chi connectivity index (χ3n) is 2.43. The maximum absolute atomic E-state index is 8.97. The van der Waals surface area contributed by atoms with Crippen LogP contribution in [0.1, 0.15) is 18.4 Å². The van der Waals surface area contributed by atoms with Crippen LogP contribution in [0.2, 0.25) is 0 Å². The molecule has 0 fully saturated rings. The first-order valence-electron chi connectivity index (χ1n) is 6.48. The van der Waals surface area contributed by atoms with Gasteiger partial charge in [-0.05, 0) is 18.4 Å². The van der Waals surface area contributed by atoms with E-state index in [9.17, 15) is 0 Å². The molecule has 5 nitrogen and oxygen atoms in total. The fourth-order valence-electron chi connectivity index (χ4n) is 1.47. The van der Waals surface area contributed by atoms with Crippen LogP contribution in [0.3, 0.4) is 0 Å². The third kappa shape index (κ3) is 7.90. The molecular formula is C15H19N2O3+. The monoisotopic (exact) mass is 275 g/mol. The average Bonchev–Trinajstić information content (AvgIpc) is 2.47. The summed E-state index contributed by atoms with van der Waals surface area (Å²) in [6.45, 7) is 1.57. The van der Waals surface area contributed by atoms with Gasteiger partial charge in [-0.1, -0.05) is 42.5 Å². The van der Waals surface area contributed by atoms with Gasteiger partial charge in [0, 0.05) is 6.61 Å². The molecule has 1 aromatic carbocycles. The first-order chi connectivity index (χ1) is 9.83. The number of diazo groups is 1. The summed E-state index contributed by atoms with van der Waals surface area (Å²) in [6, 6.07) is 10.0. The number of nitrogens with zero attached hydrogens (tertiary/aromatic N) is 2. The van der Waals surface area contributed by atoms with Crippen molar-refractivity contribution in [2.24, 2.45) is 0 Å². The molecule has 0 unspecified atom stereocenters. The topological polar surface area (TPSA) is 66.8 Å². The molecule has 0 atom stereocenters. The number of rotatable bonds is 9. The van der Waals surface area contributed by atoms with Crippen LogP contribution in [0.5, 0.6) is 0 Å². The lowest BCUT2D eigenvalue weighted by molar-refractivity contribution is 0.0836. The molecule has 0 spiro atoms. The van der Waals surface area contributed by atoms with Crippen LogP contribution in [0.4, 0.5) is 0 Å². The molecule has 0 aliphatic carbocycles. The van der Waals surface area contributed by atoms with Crippen LogP contribution >= 0.6 is 0 Å². The van der Waals surface area contributed by atoms with E-state index in [4.69, 9.17) is 20.0 Å². The Morgan fingerprint density at radius 2 is 1.95 bits per heavy atom. The highest BCUT2D eigenvalue weighted by Crippen LogP contribution is 2.01. The molecule has 0 heterocycles. The van der Waals surface area contributed by atoms with Crippen molar-refractivity contribution in [2.75, 3.05) is 19.8 Å². The Bertz CT molecular complexity index is 464. The fraction of sp³-hybridized carbons (Fsp3) is 0.333. The number of hydrogen-bond donors (Lipinski definition) is 1. The average molecular weight is 275 g/mol. The Balaban J connectivity index is 1.97. The smallest absolute Gasteiger partial charge is 0.429 e. The van der Waals surface area contributed by atoms with Crippen LogP contribution in [-0.4, -0.2) is 24.9 Å². The Kier molecular flexibility index (Phi) is 8.33. The van der Waals surface area contributed by atoms with Crippen molar-refractivity contribution in [2.45, 2.75) is 12.8 Å². The first-order valence-corrected chi connectivity index (χ1v) is 6.48. The van der Waals surface area contributed by atoms with Gasteiger partial charge in [-0.15, -0.1) is 0 Å². The molecule has 0 radical (unpaired) electrons. The largest absolute Gasteiger partial charge is 0.476 e. The Labute approximate surface area is 118 Å². The zero-order chi connectivity index (χ0) is 14.5. The minimum absolute atomic E-state index is 0.362. The van der Waals surface area contributed by atoms with E-state index in [1.807, 2.05) is 42.5 Å². The minimum atomic E-state index is -0.390. The Morgan fingerprint density at radius 3 is 2.70 bits per heavy atom. The summed E-state index contributed by atoms with van der Waals surface area (Å²) in [5.41, 5.74) is 1.15. The summed E-state index contributed by atoms with van der Waals surface area (Å²) in [6.07, 6.45) is 6.42. The molecule has 0 amide bonds. The van der Waals surface area contributed by atoms with Gasteiger partial charge in [0.25, 0.3) is 0 Å². The number of hydrogen-bond acceptors (Lipinski definition) is 4. The molecule has 1 N–H and O–H groups in total. The van der Waals surface area contributed by atoms with E-state index in [1.54, 1.807) is 0 Å². The van der Waals surface area contributed by atoms with Crippen molar-refractivity contribution in [3.63, 3.8) is 0 Å². The van der Waals surface area contributed by atoms with Crippen LogP contribution < -0.4 is 0 Å². The summed E-state index contributed by atoms with van der Waals surface area (Å²) in [5.74, 6) is -0.390. The van der Waals surface area contributed by atoms with Gasteiger partial charge >= 0.3 is 12.1 Å². The molecule has 0 aromatic heterocycles. The molecule has 1 rings (SSSR count). The van der Waals surface area contributed by atoms with E-state index in [0.717, 1.165) is 24.6 Å². The summed E-state index contributed by atoms with van der Waals surface area (Å²) in [4.78, 5) is 2.64. The zero-order valence-electron chi connectivity index (χ0n) is 11.3. The molecule has 0 saturated heterocycles. The van der Waals surface area contributed by atoms with Crippen molar-refractivity contribution in [3.8, 4) is 0 Å². The van der Waals surface area contributed by atoms with Gasteiger partial charge in [-0.3, -0.25) is 0 Å². The SMILES string of the molecule is N#[N+]/C=C(\O)OCCCCOC/C=C/c1ccccc1. The summed E-state index contributed by atoms with van der Waals surface area (Å²) >= 11 is 0. The number of aliphatic hydroxyl groups excluding tert-OH is 1. The maximum atomic E-state index is 8.97. The normalized spacial score (nSPS) is 11.4. The van der Waals surface area contributed by atoms with Crippen molar-refractivity contribution in [1.82, 2.24) is 0 Å². The van der Waals surface area contributed by atoms with Crippen LogP contribution in [-0.2, 0) is 9.47 Å². The highest BCUT2D eigenvalue weighted by atomic mass is 16.6. The molecule has 0 aliphatic heterocycles. The quantitative estimate of drug-likeness (QED) is 0.423. The minimum Gasteiger partial charge on any atom is -0.476 e. The summed E-state index contributed by atoms with van der Waals surface area (Å²) < 4.78 is 10.3. The van der Waals surface area contributed by atoms with Crippen LogP contribution in [0, 0.1) is 5.39 Å². The third-order valence-corrected chi connectivity index (χ3v) is 2.43. The standard InChI is InChI=1S/C15H18N2O3/c16-17-13-15(18)20-12-5-4-10-19-11-6-9-14-7-2-1-3-8-14/h1-3,6-9,13H,4-5,10-12H2/p+1/b9-6+,15-13+. The molecule has 0 bridgehead atoms. The molecule has 0 aliphatic rings. The van der Waals surface area contributed by atoms with Gasteiger partial charge in [0.1, 0.15) is 0 Å². The van der Waals surface area contributed by atoms with E-state index in [2.05, 4.69) is 4.98 Å². The van der Waals surface area contributed by atoms with Crippen LogP contribution in [0.15, 0.2) is 48.6 Å². The van der Waals surface area contributed by atoms with Gasteiger partial charge in [0.05, 0.1) is 13.2 Å². The van der Waals surface area contributed by atoms with Crippen molar-refractivity contribution < 1.29 is 14.6 Å². The number of aliphatic hydroxyl groups is 1. The predicted molar refractivity (Wildman–Crippen MR) is 77.3 cm³/mol. The van der Waals surface area contributed by atoms with Gasteiger partial charge in [0.2, 0.25) is 5.39 Å². The van der Waals surface area contributed by atoms with Gasteiger partial charge in [0.15, 0.2) is 4.98 Å². The van der Waals surface area contributed by atoms with E-state index in [1.165, 1.54) is 0 Å². The lowest BCUT2D eigenvalue weighted by atomic mass is 10.2. The van der Waals surface area contributed by atoms with Crippen molar-refractivity contribution in [1.29, 1.82) is 5.39 Å². The molecule has 5 heteroatoms. The molecule has 0 saturated carbocycles. The summed E-state index contributed by atoms with van der Waals surface area (Å²) in [5, 5.41) is 17.1. The highest BCUT2D eigenvalue weighted by Gasteiger charge is 1.99. The van der Waals surface area contributed by atoms with Gasteiger partial charge in [-0.25, -0.2) is 0 Å². The molecule has 1 aromatic rings. The van der Waals surface area contributed by atoms with Gasteiger partial charge in [-0.2, -0.15) is 0 Å². The van der Waals surface area contributed by atoms with E-state index in [0.29, 0.717) is 19.8 Å². The second-order valence-electron chi connectivity index (χ2n) is 4.03. The lowest BCUT2D eigenvalue weighted by Crippen LogP contribution is -1.99. The summed E-state index contributed by atoms with van der Waals surface area (Å²) in [7, 11) is 0. The van der Waals surface area contributed by atoms with E-state index < -0.39 is 0 Å². The molecule has 106 valence electrons. The number of ether oxygens (including phenoxy) is 2. The second-order valence-corrected chi connectivity index (χ2v) is 4.03. The molecular weight excluding hydrogens is 256 g/mol. The van der Waals surface area contributed by atoms with Crippen molar-refractivity contribution >= 4 is 6.08 Å². The Hall–Kier alpha value is -2.32. The van der Waals surface area contributed by atoms with E-state index in [-0.39, 0.29) is 5.95 Å². The van der Waals surface area contributed by atoms with E-state index >= 15 is 0 Å². The lowest BCUT2D eigenvalue weighted by Gasteiger charge is -2.02. The molecule has 20 heavy (non-hydrogen) atoms. The predicted octanol–water partition coefficient (Wildman–Crippen LogP) is 3.72. The first kappa shape index (κ1) is 15.7. The Morgan fingerprint density at radius 1 is 1.20 bits per heavy atom. The zero-order valence-corrected chi connectivity index (χ0v) is 11.3. The highest BCUT2D eigenvalue weighted by molar-refractivity contribution is 5.48. The fourth-order valence-corrected chi connectivity index (χ4v) is 1.47. The number of benzene rings is 1.